The quantitative estimate of drug-likeness (QED) is 0.0314. The third-order valence-electron chi connectivity index (χ3n) is 7.49. The van der Waals surface area contributed by atoms with E-state index in [9.17, 15) is 24.9 Å². The molecule has 0 heterocycles. The molecule has 0 saturated heterocycles. The van der Waals surface area contributed by atoms with Crippen molar-refractivity contribution in [3.63, 3.8) is 0 Å². The summed E-state index contributed by atoms with van der Waals surface area (Å²) in [7, 11) is 0. The molecule has 0 aromatic rings. The number of hydrogen-bond acceptors (Lipinski definition) is 7. The van der Waals surface area contributed by atoms with Gasteiger partial charge in [0.05, 0.1) is 18.8 Å². The zero-order chi connectivity index (χ0) is 33.4. The summed E-state index contributed by atoms with van der Waals surface area (Å²) in [6.45, 7) is 6.15. The number of allylic oxidation sites excluding steroid dienone is 5. The van der Waals surface area contributed by atoms with Gasteiger partial charge in [-0.3, -0.25) is 9.59 Å². The Kier molecular flexibility index (Phi) is 30.2. The Labute approximate surface area is 274 Å². The van der Waals surface area contributed by atoms with Crippen LogP contribution in [0.15, 0.2) is 48.6 Å². The molecular weight excluding hydrogens is 568 g/mol. The van der Waals surface area contributed by atoms with Crippen molar-refractivity contribution in [2.45, 2.75) is 161 Å². The van der Waals surface area contributed by atoms with Gasteiger partial charge in [0, 0.05) is 12.8 Å². The zero-order valence-corrected chi connectivity index (χ0v) is 28.8. The van der Waals surface area contributed by atoms with Gasteiger partial charge < -0.3 is 24.8 Å². The number of esters is 2. The topological polar surface area (TPSA) is 113 Å². The van der Waals surface area contributed by atoms with E-state index in [4.69, 9.17) is 9.47 Å². The van der Waals surface area contributed by atoms with Gasteiger partial charge in [0.1, 0.15) is 6.61 Å². The Morgan fingerprint density at radius 3 is 1.89 bits per heavy atom. The molecule has 0 aliphatic carbocycles. The number of aliphatic hydroxyl groups is 3. The van der Waals surface area contributed by atoms with Crippen molar-refractivity contribution in [2.75, 3.05) is 13.2 Å². The maximum absolute atomic E-state index is 12.1. The number of ether oxygens (including phenoxy) is 2. The lowest BCUT2D eigenvalue weighted by Crippen LogP contribution is -2.28. The first-order valence-electron chi connectivity index (χ1n) is 17.8. The lowest BCUT2D eigenvalue weighted by atomic mass is 10.0. The summed E-state index contributed by atoms with van der Waals surface area (Å²) in [5.41, 5.74) is 0. The molecule has 0 aromatic heterocycles. The van der Waals surface area contributed by atoms with Crippen LogP contribution in [0.25, 0.3) is 0 Å². The predicted octanol–water partition coefficient (Wildman–Crippen LogP) is 8.47. The van der Waals surface area contributed by atoms with Crippen molar-refractivity contribution < 1.29 is 34.4 Å². The van der Waals surface area contributed by atoms with Crippen LogP contribution in [0, 0.1) is 5.92 Å². The molecule has 0 amide bonds. The van der Waals surface area contributed by atoms with Gasteiger partial charge in [-0.1, -0.05) is 140 Å². The summed E-state index contributed by atoms with van der Waals surface area (Å²) in [4.78, 5) is 24.2. The van der Waals surface area contributed by atoms with Gasteiger partial charge >= 0.3 is 11.9 Å². The fourth-order valence-corrected chi connectivity index (χ4v) is 4.70. The number of hydrogen-bond donors (Lipinski definition) is 3. The summed E-state index contributed by atoms with van der Waals surface area (Å²) in [5.74, 6) is -0.0370. The molecule has 0 unspecified atom stereocenters. The molecule has 0 saturated carbocycles. The van der Waals surface area contributed by atoms with E-state index < -0.39 is 30.9 Å². The molecule has 3 N–H and O–H groups in total. The first kappa shape index (κ1) is 42.8. The molecule has 0 aromatic carbocycles. The van der Waals surface area contributed by atoms with Crippen LogP contribution in [0.4, 0.5) is 0 Å². The van der Waals surface area contributed by atoms with Crippen LogP contribution >= 0.6 is 0 Å². The highest BCUT2D eigenvalue weighted by Gasteiger charge is 2.16. The molecule has 0 aliphatic heterocycles. The number of rotatable bonds is 30. The van der Waals surface area contributed by atoms with Crippen molar-refractivity contribution in [2.24, 2.45) is 5.92 Å². The molecule has 7 nitrogen and oxygen atoms in total. The van der Waals surface area contributed by atoms with Gasteiger partial charge in [0.25, 0.3) is 0 Å². The van der Waals surface area contributed by atoms with Crippen molar-refractivity contribution in [3.05, 3.63) is 48.6 Å². The van der Waals surface area contributed by atoms with E-state index in [0.717, 1.165) is 31.6 Å². The smallest absolute Gasteiger partial charge is 0.306 e. The van der Waals surface area contributed by atoms with E-state index in [1.807, 2.05) is 6.08 Å². The summed E-state index contributed by atoms with van der Waals surface area (Å²) in [6.07, 6.45) is 30.9. The summed E-state index contributed by atoms with van der Waals surface area (Å²) in [6, 6.07) is 0. The van der Waals surface area contributed by atoms with Gasteiger partial charge in [-0.05, 0) is 44.4 Å². The van der Waals surface area contributed by atoms with Crippen LogP contribution in [0.3, 0.4) is 0 Å². The van der Waals surface area contributed by atoms with Gasteiger partial charge in [-0.15, -0.1) is 0 Å². The highest BCUT2D eigenvalue weighted by Crippen LogP contribution is 2.14. The minimum atomic E-state index is -0.884. The van der Waals surface area contributed by atoms with Gasteiger partial charge in [0.15, 0.2) is 6.10 Å². The van der Waals surface area contributed by atoms with E-state index in [2.05, 4.69) is 26.8 Å². The Morgan fingerprint density at radius 2 is 1.27 bits per heavy atom. The van der Waals surface area contributed by atoms with E-state index in [1.165, 1.54) is 64.2 Å². The lowest BCUT2D eigenvalue weighted by Gasteiger charge is -2.16. The largest absolute Gasteiger partial charge is 0.462 e. The molecule has 3 atom stereocenters. The summed E-state index contributed by atoms with van der Waals surface area (Å²) in [5, 5.41) is 29.6. The number of unbranched alkanes of at least 4 members (excludes halogenated alkanes) is 11. The second-order valence-corrected chi connectivity index (χ2v) is 12.5. The maximum atomic E-state index is 12.1. The van der Waals surface area contributed by atoms with Gasteiger partial charge in [-0.2, -0.15) is 0 Å². The van der Waals surface area contributed by atoms with Crippen LogP contribution in [0.1, 0.15) is 143 Å². The Hall–Kier alpha value is -2.22. The highest BCUT2D eigenvalue weighted by atomic mass is 16.6. The van der Waals surface area contributed by atoms with E-state index >= 15 is 0 Å². The molecule has 0 rings (SSSR count). The summed E-state index contributed by atoms with van der Waals surface area (Å²) >= 11 is 0. The average molecular weight is 635 g/mol. The third kappa shape index (κ3) is 31.5. The van der Waals surface area contributed by atoms with Crippen LogP contribution in [-0.2, 0) is 19.1 Å². The fourth-order valence-electron chi connectivity index (χ4n) is 4.70. The molecule has 0 fully saturated rings. The summed E-state index contributed by atoms with van der Waals surface area (Å²) < 4.78 is 10.4. The Balaban J connectivity index is 3.91. The average Bonchev–Trinajstić information content (AvgIpc) is 3.01. The van der Waals surface area contributed by atoms with E-state index in [0.29, 0.717) is 25.7 Å². The minimum Gasteiger partial charge on any atom is -0.462 e. The first-order valence-corrected chi connectivity index (χ1v) is 17.8. The molecule has 260 valence electrons. The molecule has 45 heavy (non-hydrogen) atoms. The molecular formula is C38H66O7. The Bertz CT molecular complexity index is 815. The zero-order valence-electron chi connectivity index (χ0n) is 28.8. The second kappa shape index (κ2) is 31.7. The molecule has 0 aliphatic rings. The van der Waals surface area contributed by atoms with Crippen molar-refractivity contribution in [3.8, 4) is 0 Å². The standard InChI is InChI=1S/C38H66O7/c1-4-5-6-7-14-19-25-34(40)26-20-16-17-21-27-35(41)28-23-30-38(43)45-36(31-39)32-44-37(42)29-22-15-12-10-8-9-11-13-18-24-33(2)3/h14,16-17,19-21,26-27,33-36,39-41H,4-13,15,18,22-25,28-32H2,1-3H3/b17-16+,19-14-,26-20+,27-21-/t34-,35-,36-/m0/s1. The molecule has 0 spiro atoms. The van der Waals surface area contributed by atoms with E-state index in [-0.39, 0.29) is 19.0 Å². The normalized spacial score (nSPS) is 14.3. The SMILES string of the molecule is CCCCC/C=C\C[C@H](O)/C=C/C=C/C=C\[C@H](O)CCCC(=O)O[C@@H](CO)COC(=O)CCCCCCCCCCCC(C)C. The monoisotopic (exact) mass is 634 g/mol. The fraction of sp³-hybridized carbons (Fsp3) is 0.737. The predicted molar refractivity (Wildman–Crippen MR) is 185 cm³/mol. The molecule has 0 bridgehead atoms. The number of carbonyl (C=O) groups is 2. The van der Waals surface area contributed by atoms with Crippen LogP contribution in [0.2, 0.25) is 0 Å². The minimum absolute atomic E-state index is 0.0941. The van der Waals surface area contributed by atoms with Gasteiger partial charge in [-0.25, -0.2) is 0 Å². The highest BCUT2D eigenvalue weighted by molar-refractivity contribution is 5.70. The van der Waals surface area contributed by atoms with Crippen LogP contribution in [-0.4, -0.2) is 58.8 Å². The number of carbonyl (C=O) groups excluding carboxylic acids is 2. The van der Waals surface area contributed by atoms with E-state index in [1.54, 1.807) is 36.5 Å². The third-order valence-corrected chi connectivity index (χ3v) is 7.49. The van der Waals surface area contributed by atoms with Crippen LogP contribution in [0.5, 0.6) is 0 Å². The Morgan fingerprint density at radius 1 is 0.667 bits per heavy atom. The molecule has 0 radical (unpaired) electrons. The van der Waals surface area contributed by atoms with Crippen molar-refractivity contribution in [1.29, 1.82) is 0 Å². The molecule has 7 heteroatoms. The number of aliphatic hydroxyl groups excluding tert-OH is 3. The van der Waals surface area contributed by atoms with Crippen LogP contribution < -0.4 is 0 Å². The van der Waals surface area contributed by atoms with Crippen molar-refractivity contribution in [1.82, 2.24) is 0 Å². The maximum Gasteiger partial charge on any atom is 0.306 e. The first-order chi connectivity index (χ1) is 21.8. The van der Waals surface area contributed by atoms with Gasteiger partial charge in [0.2, 0.25) is 0 Å². The van der Waals surface area contributed by atoms with Crippen molar-refractivity contribution >= 4 is 11.9 Å². The lowest BCUT2D eigenvalue weighted by molar-refractivity contribution is -0.161. The second-order valence-electron chi connectivity index (χ2n) is 12.5.